The highest BCUT2D eigenvalue weighted by Gasteiger charge is 2.16. The van der Waals surface area contributed by atoms with Gasteiger partial charge in [-0.05, 0) is 24.3 Å². The summed E-state index contributed by atoms with van der Waals surface area (Å²) in [5.41, 5.74) is 0.179. The molecule has 1 aromatic carbocycles. The molecule has 0 spiro atoms. The first-order valence-electron chi connectivity index (χ1n) is 4.82. The number of nitrogens with zero attached hydrogens (tertiary/aromatic N) is 1. The smallest absolute Gasteiger partial charge is 0.497 e. The van der Waals surface area contributed by atoms with E-state index in [-0.39, 0.29) is 5.59 Å². The van der Waals surface area contributed by atoms with Crippen molar-refractivity contribution >= 4 is 24.0 Å². The summed E-state index contributed by atoms with van der Waals surface area (Å²) in [7, 11) is 0.0190. The fraction of sp³-hybridized carbons (Fsp3) is 0.100. The molecule has 2 aromatic rings. The minimum Gasteiger partial charge on any atom is -0.497 e. The SMILES string of the molecule is COc1ccc(Oc2nc(B(O)O)cs2)cc1. The molecule has 17 heavy (non-hydrogen) atoms. The van der Waals surface area contributed by atoms with Gasteiger partial charge in [-0.25, -0.2) is 4.98 Å². The van der Waals surface area contributed by atoms with E-state index in [1.54, 1.807) is 31.4 Å². The molecule has 0 bridgehead atoms. The maximum absolute atomic E-state index is 8.90. The number of aromatic nitrogens is 1. The zero-order valence-electron chi connectivity index (χ0n) is 9.03. The molecule has 1 aromatic heterocycles. The normalized spacial score (nSPS) is 10.1. The third-order valence-electron chi connectivity index (χ3n) is 2.03. The van der Waals surface area contributed by atoms with Crippen LogP contribution in [0.5, 0.6) is 16.7 Å². The Labute approximate surface area is 102 Å². The van der Waals surface area contributed by atoms with Crippen LogP contribution in [0.2, 0.25) is 0 Å². The third-order valence-corrected chi connectivity index (χ3v) is 2.77. The lowest BCUT2D eigenvalue weighted by molar-refractivity contribution is 0.412. The van der Waals surface area contributed by atoms with Crippen molar-refractivity contribution in [3.63, 3.8) is 0 Å². The minimum atomic E-state index is -1.57. The first-order valence-corrected chi connectivity index (χ1v) is 5.70. The van der Waals surface area contributed by atoms with Gasteiger partial charge in [0.15, 0.2) is 0 Å². The zero-order valence-corrected chi connectivity index (χ0v) is 9.85. The van der Waals surface area contributed by atoms with Crippen LogP contribution in [-0.2, 0) is 0 Å². The molecular formula is C10H10BNO4S. The largest absolute Gasteiger partial charge is 0.509 e. The quantitative estimate of drug-likeness (QED) is 0.779. The van der Waals surface area contributed by atoms with Gasteiger partial charge in [0, 0.05) is 5.38 Å². The fourth-order valence-electron chi connectivity index (χ4n) is 1.18. The van der Waals surface area contributed by atoms with E-state index in [0.717, 1.165) is 5.75 Å². The Morgan fingerprint density at radius 2 is 1.82 bits per heavy atom. The van der Waals surface area contributed by atoms with Crippen molar-refractivity contribution in [2.24, 2.45) is 0 Å². The van der Waals surface area contributed by atoms with Gasteiger partial charge in [-0.1, -0.05) is 11.3 Å². The molecule has 0 unspecified atom stereocenters. The van der Waals surface area contributed by atoms with E-state index in [0.29, 0.717) is 10.9 Å². The number of ether oxygens (including phenoxy) is 2. The Hall–Kier alpha value is -1.57. The van der Waals surface area contributed by atoms with Gasteiger partial charge >= 0.3 is 7.12 Å². The van der Waals surface area contributed by atoms with E-state index in [4.69, 9.17) is 19.5 Å². The van der Waals surface area contributed by atoms with Crippen LogP contribution in [0.15, 0.2) is 29.6 Å². The lowest BCUT2D eigenvalue weighted by atomic mass is 9.88. The summed E-state index contributed by atoms with van der Waals surface area (Å²) in [5, 5.41) is 19.7. The van der Waals surface area contributed by atoms with Gasteiger partial charge in [-0.3, -0.25) is 0 Å². The van der Waals surface area contributed by atoms with Crippen LogP contribution in [-0.4, -0.2) is 29.3 Å². The molecular weight excluding hydrogens is 241 g/mol. The highest BCUT2D eigenvalue weighted by Crippen LogP contribution is 2.24. The Kier molecular flexibility index (Phi) is 3.63. The summed E-state index contributed by atoms with van der Waals surface area (Å²) in [6.07, 6.45) is 0. The lowest BCUT2D eigenvalue weighted by Crippen LogP contribution is -2.30. The second-order valence-corrected chi connectivity index (χ2v) is 4.01. The number of methoxy groups -OCH3 is 1. The van der Waals surface area contributed by atoms with Gasteiger partial charge in [0.25, 0.3) is 5.19 Å². The highest BCUT2D eigenvalue weighted by molar-refractivity contribution is 7.12. The summed E-state index contributed by atoms with van der Waals surface area (Å²) in [4.78, 5) is 3.91. The lowest BCUT2D eigenvalue weighted by Gasteiger charge is -2.02. The summed E-state index contributed by atoms with van der Waals surface area (Å²) >= 11 is 1.20. The predicted molar refractivity (Wildman–Crippen MR) is 65.0 cm³/mol. The van der Waals surface area contributed by atoms with E-state index in [9.17, 15) is 0 Å². The molecule has 0 aliphatic carbocycles. The zero-order chi connectivity index (χ0) is 12.3. The maximum Gasteiger partial charge on any atom is 0.509 e. The van der Waals surface area contributed by atoms with Crippen LogP contribution in [0, 0.1) is 0 Å². The average Bonchev–Trinajstić information content (AvgIpc) is 2.79. The Balaban J connectivity index is 2.08. The van der Waals surface area contributed by atoms with E-state index >= 15 is 0 Å². The molecule has 2 N–H and O–H groups in total. The van der Waals surface area contributed by atoms with Crippen molar-refractivity contribution in [1.29, 1.82) is 0 Å². The standard InChI is InChI=1S/C10H10BNO4S/c1-15-7-2-4-8(5-3-7)16-10-12-9(6-17-10)11(13)14/h2-6,13-14H,1H3. The van der Waals surface area contributed by atoms with Crippen LogP contribution in [0.4, 0.5) is 0 Å². The molecule has 0 aliphatic heterocycles. The summed E-state index contributed by atoms with van der Waals surface area (Å²) in [5.74, 6) is 1.35. The van der Waals surface area contributed by atoms with Crippen molar-refractivity contribution in [3.05, 3.63) is 29.6 Å². The summed E-state index contributed by atoms with van der Waals surface area (Å²) in [6.45, 7) is 0. The Bertz CT molecular complexity index is 485. The van der Waals surface area contributed by atoms with E-state index in [1.807, 2.05) is 0 Å². The molecule has 1 heterocycles. The van der Waals surface area contributed by atoms with Crippen LogP contribution in [0.25, 0.3) is 0 Å². The second kappa shape index (κ2) is 5.18. The van der Waals surface area contributed by atoms with Gasteiger partial charge in [0.1, 0.15) is 11.5 Å². The van der Waals surface area contributed by atoms with Crippen LogP contribution in [0.3, 0.4) is 0 Å². The van der Waals surface area contributed by atoms with Crippen molar-refractivity contribution in [3.8, 4) is 16.7 Å². The van der Waals surface area contributed by atoms with Gasteiger partial charge in [0.05, 0.1) is 12.7 Å². The Morgan fingerprint density at radius 3 is 2.35 bits per heavy atom. The number of hydrogen-bond donors (Lipinski definition) is 2. The number of thiazole rings is 1. The van der Waals surface area contributed by atoms with Crippen molar-refractivity contribution in [2.45, 2.75) is 0 Å². The van der Waals surface area contributed by atoms with Crippen molar-refractivity contribution in [1.82, 2.24) is 4.98 Å². The fourth-order valence-corrected chi connectivity index (χ4v) is 1.88. The monoisotopic (exact) mass is 251 g/mol. The number of rotatable bonds is 4. The van der Waals surface area contributed by atoms with E-state index in [2.05, 4.69) is 4.98 Å². The Morgan fingerprint density at radius 1 is 1.18 bits per heavy atom. The molecule has 0 radical (unpaired) electrons. The van der Waals surface area contributed by atoms with Crippen LogP contribution in [0.1, 0.15) is 0 Å². The highest BCUT2D eigenvalue weighted by atomic mass is 32.1. The van der Waals surface area contributed by atoms with Crippen LogP contribution < -0.4 is 15.1 Å². The molecule has 88 valence electrons. The number of benzene rings is 1. The molecule has 0 aliphatic rings. The summed E-state index contributed by atoms with van der Waals surface area (Å²) < 4.78 is 10.5. The second-order valence-electron chi connectivity index (χ2n) is 3.19. The van der Waals surface area contributed by atoms with Gasteiger partial charge < -0.3 is 19.5 Å². The molecule has 2 rings (SSSR count). The third kappa shape index (κ3) is 2.97. The topological polar surface area (TPSA) is 71.8 Å². The molecule has 0 amide bonds. The van der Waals surface area contributed by atoms with Crippen molar-refractivity contribution in [2.75, 3.05) is 7.11 Å². The minimum absolute atomic E-state index is 0.179. The van der Waals surface area contributed by atoms with Gasteiger partial charge in [-0.2, -0.15) is 0 Å². The molecule has 0 fully saturated rings. The molecule has 0 saturated heterocycles. The molecule has 7 heteroatoms. The van der Waals surface area contributed by atoms with E-state index < -0.39 is 7.12 Å². The maximum atomic E-state index is 8.90. The number of hydrogen-bond acceptors (Lipinski definition) is 6. The molecule has 0 saturated carbocycles. The van der Waals surface area contributed by atoms with Gasteiger partial charge in [-0.15, -0.1) is 0 Å². The summed E-state index contributed by atoms with van der Waals surface area (Å²) in [6, 6.07) is 7.03. The van der Waals surface area contributed by atoms with Crippen molar-refractivity contribution < 1.29 is 19.5 Å². The molecule has 0 atom stereocenters. The first kappa shape index (κ1) is 11.9. The van der Waals surface area contributed by atoms with Gasteiger partial charge in [0.2, 0.25) is 0 Å². The van der Waals surface area contributed by atoms with E-state index in [1.165, 1.54) is 16.7 Å². The predicted octanol–water partition coefficient (Wildman–Crippen LogP) is 0.624. The first-order chi connectivity index (χ1) is 8.19. The molecule has 5 nitrogen and oxygen atoms in total. The average molecular weight is 251 g/mol. The van der Waals surface area contributed by atoms with Crippen LogP contribution >= 0.6 is 11.3 Å².